The monoisotopic (exact) mass is 469 g/mol. The molecule has 1 aromatic heterocycles. The van der Waals surface area contributed by atoms with Crippen LogP contribution in [-0.4, -0.2) is 30.1 Å². The molecule has 4 rings (SSSR count). The summed E-state index contributed by atoms with van der Waals surface area (Å²) in [6.07, 6.45) is 8.55. The number of pyridine rings is 1. The highest BCUT2D eigenvalue weighted by Crippen LogP contribution is 2.53. The third-order valence-corrected chi connectivity index (χ3v) is 13.1. The van der Waals surface area contributed by atoms with E-state index in [1.54, 1.807) is 11.8 Å². The maximum Gasteiger partial charge on any atom is 0.303 e. The largest absolute Gasteiger partial charge is 0.543 e. The predicted molar refractivity (Wildman–Crippen MR) is 134 cm³/mol. The van der Waals surface area contributed by atoms with E-state index in [0.717, 1.165) is 29.9 Å². The first-order valence-electron chi connectivity index (χ1n) is 11.6. The minimum Gasteiger partial charge on any atom is -0.543 e. The Kier molecular flexibility index (Phi) is 6.23. The van der Waals surface area contributed by atoms with Crippen molar-refractivity contribution in [3.05, 3.63) is 42.2 Å². The molecule has 0 radical (unpaired) electrons. The normalized spacial score (nSPS) is 17.8. The first kappa shape index (κ1) is 23.4. The summed E-state index contributed by atoms with van der Waals surface area (Å²) in [5.74, 6) is 1.74. The van der Waals surface area contributed by atoms with Crippen molar-refractivity contribution >= 4 is 26.0 Å². The van der Waals surface area contributed by atoms with Gasteiger partial charge >= 0.3 is 5.97 Å². The van der Waals surface area contributed by atoms with Gasteiger partial charge in [-0.25, -0.2) is 0 Å². The highest BCUT2D eigenvalue weighted by molar-refractivity contribution is 7.99. The second-order valence-electron chi connectivity index (χ2n) is 11.1. The molecule has 2 aliphatic carbocycles. The van der Waals surface area contributed by atoms with Gasteiger partial charge in [0.25, 0.3) is 0 Å². The minimum atomic E-state index is -1.90. The fourth-order valence-corrected chi connectivity index (χ4v) is 6.19. The zero-order valence-corrected chi connectivity index (χ0v) is 21.7. The van der Waals surface area contributed by atoms with Crippen molar-refractivity contribution in [1.29, 1.82) is 0 Å². The van der Waals surface area contributed by atoms with Gasteiger partial charge in [0.2, 0.25) is 8.32 Å². The summed E-state index contributed by atoms with van der Waals surface area (Å²) in [4.78, 5) is 16.9. The van der Waals surface area contributed by atoms with Gasteiger partial charge in [-0.15, -0.1) is 11.8 Å². The van der Waals surface area contributed by atoms with Crippen molar-refractivity contribution in [2.24, 2.45) is 5.41 Å². The number of rotatable bonds is 9. The topological polar surface area (TPSA) is 59.4 Å². The number of aromatic nitrogens is 1. The molecule has 0 unspecified atom stereocenters. The molecular formula is C26H35NO3SSi. The van der Waals surface area contributed by atoms with E-state index < -0.39 is 14.3 Å². The molecule has 2 aromatic rings. The van der Waals surface area contributed by atoms with Crippen LogP contribution in [0.3, 0.4) is 0 Å². The van der Waals surface area contributed by atoms with Gasteiger partial charge in [-0.2, -0.15) is 0 Å². The van der Waals surface area contributed by atoms with Crippen LogP contribution in [0.15, 0.2) is 41.6 Å². The fraction of sp³-hybridized carbons (Fsp3) is 0.538. The van der Waals surface area contributed by atoms with Crippen molar-refractivity contribution in [3.8, 4) is 16.9 Å². The van der Waals surface area contributed by atoms with Crippen LogP contribution in [0.1, 0.15) is 64.4 Å². The van der Waals surface area contributed by atoms with Crippen molar-refractivity contribution in [3.63, 3.8) is 0 Å². The third-order valence-electron chi connectivity index (χ3n) is 7.31. The Balaban J connectivity index is 1.61. The van der Waals surface area contributed by atoms with Gasteiger partial charge in [0.1, 0.15) is 5.75 Å². The lowest BCUT2D eigenvalue weighted by Gasteiger charge is -2.36. The van der Waals surface area contributed by atoms with Crippen LogP contribution >= 0.6 is 11.8 Å². The Bertz CT molecular complexity index is 1010. The highest BCUT2D eigenvalue weighted by Gasteiger charge is 2.44. The van der Waals surface area contributed by atoms with Crippen LogP contribution in [0, 0.1) is 5.41 Å². The molecule has 1 aromatic carbocycles. The molecule has 172 valence electrons. The molecule has 2 fully saturated rings. The molecule has 0 spiro atoms. The zero-order valence-electron chi connectivity index (χ0n) is 19.9. The Morgan fingerprint density at radius 1 is 1.22 bits per heavy atom. The maximum atomic E-state index is 11.2. The number of hydrogen-bond acceptors (Lipinski definition) is 4. The van der Waals surface area contributed by atoms with E-state index in [1.807, 2.05) is 12.4 Å². The standard InChI is InChI=1S/C26H35NO3SSi/c1-25(2,3)32(4,5)30-19-8-9-20(21(14-19)18-6-7-18)22-16-27-13-10-23(22)31-17-26(11-12-26)15-24(28)29/h8-10,13-14,16,18H,6-7,11-12,15,17H2,1-5H3,(H,28,29). The molecule has 0 atom stereocenters. The van der Waals surface area contributed by atoms with Gasteiger partial charge in [0.15, 0.2) is 0 Å². The van der Waals surface area contributed by atoms with Crippen molar-refractivity contribution in [1.82, 2.24) is 4.98 Å². The van der Waals surface area contributed by atoms with Gasteiger partial charge < -0.3 is 9.53 Å². The summed E-state index contributed by atoms with van der Waals surface area (Å²) in [7, 11) is -1.90. The van der Waals surface area contributed by atoms with E-state index in [1.165, 1.54) is 28.9 Å². The van der Waals surface area contributed by atoms with E-state index in [-0.39, 0.29) is 16.9 Å². The zero-order chi connectivity index (χ0) is 23.1. The van der Waals surface area contributed by atoms with Gasteiger partial charge in [0, 0.05) is 28.6 Å². The number of carbonyl (C=O) groups is 1. The van der Waals surface area contributed by atoms with E-state index in [2.05, 4.69) is 63.1 Å². The number of thioether (sulfide) groups is 1. The van der Waals surface area contributed by atoms with E-state index in [9.17, 15) is 9.90 Å². The summed E-state index contributed by atoms with van der Waals surface area (Å²) in [6.45, 7) is 11.4. The summed E-state index contributed by atoms with van der Waals surface area (Å²) in [5, 5.41) is 9.41. The molecule has 4 nitrogen and oxygen atoms in total. The minimum absolute atomic E-state index is 0.0305. The van der Waals surface area contributed by atoms with Crippen LogP contribution < -0.4 is 4.43 Å². The second-order valence-corrected chi connectivity index (χ2v) is 16.9. The molecule has 0 bridgehead atoms. The molecule has 32 heavy (non-hydrogen) atoms. The van der Waals surface area contributed by atoms with E-state index in [0.29, 0.717) is 5.92 Å². The Morgan fingerprint density at radius 3 is 2.53 bits per heavy atom. The molecule has 0 aliphatic heterocycles. The number of benzene rings is 1. The van der Waals surface area contributed by atoms with Crippen molar-refractivity contribution in [2.45, 2.75) is 81.8 Å². The van der Waals surface area contributed by atoms with Crippen LogP contribution in [-0.2, 0) is 4.79 Å². The number of nitrogens with zero attached hydrogens (tertiary/aromatic N) is 1. The quantitative estimate of drug-likeness (QED) is 0.307. The second kappa shape index (κ2) is 8.53. The Morgan fingerprint density at radius 2 is 1.94 bits per heavy atom. The van der Waals surface area contributed by atoms with Crippen LogP contribution in [0.2, 0.25) is 18.1 Å². The third kappa shape index (κ3) is 5.23. The highest BCUT2D eigenvalue weighted by atomic mass is 32.2. The Labute approximate surface area is 197 Å². The molecule has 1 heterocycles. The van der Waals surface area contributed by atoms with Gasteiger partial charge in [-0.1, -0.05) is 26.8 Å². The maximum absolute atomic E-state index is 11.2. The van der Waals surface area contributed by atoms with Crippen molar-refractivity contribution < 1.29 is 14.3 Å². The fourth-order valence-electron chi connectivity index (χ4n) is 3.84. The molecular weight excluding hydrogens is 434 g/mol. The summed E-state index contributed by atoms with van der Waals surface area (Å²) < 4.78 is 6.61. The van der Waals surface area contributed by atoms with Gasteiger partial charge in [-0.3, -0.25) is 9.78 Å². The summed E-state index contributed by atoms with van der Waals surface area (Å²) >= 11 is 1.78. The average Bonchev–Trinajstić information content (AvgIpc) is 3.61. The molecule has 0 saturated heterocycles. The van der Waals surface area contributed by atoms with Gasteiger partial charge in [0.05, 0.1) is 6.42 Å². The summed E-state index contributed by atoms with van der Waals surface area (Å²) in [6, 6.07) is 8.67. The number of carboxylic acid groups (broad SMARTS) is 1. The number of hydrogen-bond donors (Lipinski definition) is 1. The first-order valence-corrected chi connectivity index (χ1v) is 15.5. The smallest absolute Gasteiger partial charge is 0.303 e. The Hall–Kier alpha value is -1.79. The van der Waals surface area contributed by atoms with Crippen molar-refractivity contribution in [2.75, 3.05) is 5.75 Å². The van der Waals surface area contributed by atoms with Crippen LogP contribution in [0.4, 0.5) is 0 Å². The first-order chi connectivity index (χ1) is 15.0. The number of carboxylic acids is 1. The van der Waals surface area contributed by atoms with Crippen LogP contribution in [0.5, 0.6) is 5.75 Å². The van der Waals surface area contributed by atoms with Crippen LogP contribution in [0.25, 0.3) is 11.1 Å². The van der Waals surface area contributed by atoms with E-state index in [4.69, 9.17) is 4.43 Å². The van der Waals surface area contributed by atoms with E-state index >= 15 is 0 Å². The number of aliphatic carboxylic acids is 1. The summed E-state index contributed by atoms with van der Waals surface area (Å²) in [5.41, 5.74) is 3.73. The predicted octanol–water partition coefficient (Wildman–Crippen LogP) is 7.36. The lowest BCUT2D eigenvalue weighted by molar-refractivity contribution is -0.138. The SMILES string of the molecule is CC(C)(C)[Si](C)(C)Oc1ccc(-c2cnccc2SCC2(CC(=O)O)CC2)c(C2CC2)c1. The lowest BCUT2D eigenvalue weighted by Crippen LogP contribution is -2.43. The molecule has 6 heteroatoms. The van der Waals surface area contributed by atoms with Gasteiger partial charge in [-0.05, 0) is 84.5 Å². The molecule has 1 N–H and O–H groups in total. The lowest BCUT2D eigenvalue weighted by atomic mass is 9.97. The molecule has 2 aliphatic rings. The molecule has 0 amide bonds. The molecule has 2 saturated carbocycles. The average molecular weight is 470 g/mol.